The van der Waals surface area contributed by atoms with E-state index in [1.807, 2.05) is 0 Å². The Balaban J connectivity index is 1.76. The maximum Gasteiger partial charge on any atom is 0.0218 e. The van der Waals surface area contributed by atoms with Crippen LogP contribution >= 0.6 is 0 Å². The summed E-state index contributed by atoms with van der Waals surface area (Å²) < 4.78 is 0. The Kier molecular flexibility index (Phi) is 4.66. The fourth-order valence-corrected chi connectivity index (χ4v) is 2.88. The Morgan fingerprint density at radius 1 is 1.25 bits per heavy atom. The van der Waals surface area contributed by atoms with Gasteiger partial charge in [-0.1, -0.05) is 20.3 Å². The number of nitrogens with zero attached hydrogens (tertiary/aromatic N) is 1. The molecule has 1 aliphatic heterocycles. The molecule has 2 heteroatoms. The smallest absolute Gasteiger partial charge is 0.0218 e. The van der Waals surface area contributed by atoms with Gasteiger partial charge in [-0.2, -0.15) is 0 Å². The molecule has 0 aromatic rings. The molecule has 1 N–H and O–H groups in total. The zero-order chi connectivity index (χ0) is 11.4. The number of hydrogen-bond acceptors (Lipinski definition) is 2. The fourth-order valence-electron chi connectivity index (χ4n) is 2.88. The highest BCUT2D eigenvalue weighted by molar-refractivity contribution is 4.85. The summed E-state index contributed by atoms with van der Waals surface area (Å²) in [6.45, 7) is 8.59. The van der Waals surface area contributed by atoms with Crippen molar-refractivity contribution >= 4 is 0 Å². The van der Waals surface area contributed by atoms with Gasteiger partial charge in [0, 0.05) is 25.2 Å². The second kappa shape index (κ2) is 6.02. The van der Waals surface area contributed by atoms with Gasteiger partial charge in [0.1, 0.15) is 0 Å². The van der Waals surface area contributed by atoms with Crippen molar-refractivity contribution in [3.8, 4) is 0 Å². The Morgan fingerprint density at radius 3 is 2.69 bits per heavy atom. The van der Waals surface area contributed by atoms with Gasteiger partial charge in [0.15, 0.2) is 0 Å². The van der Waals surface area contributed by atoms with E-state index >= 15 is 0 Å². The largest absolute Gasteiger partial charge is 0.312 e. The third-order valence-corrected chi connectivity index (χ3v) is 4.33. The van der Waals surface area contributed by atoms with E-state index in [0.717, 1.165) is 18.0 Å². The Morgan fingerprint density at radius 2 is 2.06 bits per heavy atom. The molecule has 1 saturated carbocycles. The number of hydrogen-bond donors (Lipinski definition) is 1. The lowest BCUT2D eigenvalue weighted by molar-refractivity contribution is 0.116. The van der Waals surface area contributed by atoms with Crippen molar-refractivity contribution in [2.24, 2.45) is 5.92 Å². The van der Waals surface area contributed by atoms with Crippen LogP contribution in [0.3, 0.4) is 0 Å². The first-order chi connectivity index (χ1) is 7.83. The van der Waals surface area contributed by atoms with Crippen LogP contribution in [0.2, 0.25) is 0 Å². The lowest BCUT2D eigenvalue weighted by atomic mass is 9.94. The van der Waals surface area contributed by atoms with Gasteiger partial charge >= 0.3 is 0 Å². The van der Waals surface area contributed by atoms with Crippen molar-refractivity contribution in [3.05, 3.63) is 0 Å². The molecule has 2 aliphatic rings. The molecule has 2 nitrogen and oxygen atoms in total. The summed E-state index contributed by atoms with van der Waals surface area (Å²) in [7, 11) is 0. The molecule has 2 rings (SSSR count). The van der Waals surface area contributed by atoms with Crippen LogP contribution in [0.25, 0.3) is 0 Å². The summed E-state index contributed by atoms with van der Waals surface area (Å²) in [6.07, 6.45) is 8.36. The van der Waals surface area contributed by atoms with E-state index < -0.39 is 0 Å². The van der Waals surface area contributed by atoms with E-state index in [-0.39, 0.29) is 0 Å². The average Bonchev–Trinajstić information content (AvgIpc) is 3.14. The topological polar surface area (TPSA) is 15.3 Å². The first-order valence-corrected chi connectivity index (χ1v) is 7.30. The zero-order valence-electron chi connectivity index (χ0n) is 11.0. The van der Waals surface area contributed by atoms with Crippen molar-refractivity contribution in [2.45, 2.75) is 64.5 Å². The van der Waals surface area contributed by atoms with Crippen molar-refractivity contribution in [3.63, 3.8) is 0 Å². The predicted molar refractivity (Wildman–Crippen MR) is 69.7 cm³/mol. The van der Waals surface area contributed by atoms with Crippen LogP contribution < -0.4 is 5.32 Å². The van der Waals surface area contributed by atoms with Crippen molar-refractivity contribution in [1.82, 2.24) is 10.2 Å². The highest BCUT2D eigenvalue weighted by atomic mass is 15.2. The quantitative estimate of drug-likeness (QED) is 0.746. The molecule has 16 heavy (non-hydrogen) atoms. The van der Waals surface area contributed by atoms with Crippen LogP contribution in [-0.2, 0) is 0 Å². The van der Waals surface area contributed by atoms with Crippen molar-refractivity contribution < 1.29 is 0 Å². The van der Waals surface area contributed by atoms with Crippen molar-refractivity contribution in [2.75, 3.05) is 19.6 Å². The number of piperidine rings is 1. The van der Waals surface area contributed by atoms with Crippen molar-refractivity contribution in [1.29, 1.82) is 0 Å². The molecule has 2 atom stereocenters. The molecule has 1 saturated heterocycles. The number of likely N-dealkylation sites (tertiary alicyclic amines) is 1. The average molecular weight is 224 g/mol. The summed E-state index contributed by atoms with van der Waals surface area (Å²) in [5.74, 6) is 0.962. The molecule has 2 fully saturated rings. The molecule has 0 amide bonds. The lowest BCUT2D eigenvalue weighted by Gasteiger charge is -2.38. The molecule has 0 bridgehead atoms. The Labute approximate surface area is 101 Å². The van der Waals surface area contributed by atoms with Crippen LogP contribution in [0.4, 0.5) is 0 Å². The van der Waals surface area contributed by atoms with Gasteiger partial charge in [-0.25, -0.2) is 0 Å². The number of rotatable bonds is 6. The highest BCUT2D eigenvalue weighted by Crippen LogP contribution is 2.23. The van der Waals surface area contributed by atoms with Gasteiger partial charge in [-0.15, -0.1) is 0 Å². The summed E-state index contributed by atoms with van der Waals surface area (Å²) in [4.78, 5) is 2.74. The SMILES string of the molecule is CCC1CCCN(C(CC)CNC2CC2)C1. The van der Waals surface area contributed by atoms with E-state index in [1.165, 1.54) is 58.2 Å². The van der Waals surface area contributed by atoms with Crippen LogP contribution in [0.15, 0.2) is 0 Å². The minimum absolute atomic E-state index is 0.787. The molecular weight excluding hydrogens is 196 g/mol. The summed E-state index contributed by atoms with van der Waals surface area (Å²) >= 11 is 0. The molecule has 2 unspecified atom stereocenters. The molecular formula is C14H28N2. The van der Waals surface area contributed by atoms with Gasteiger partial charge in [0.05, 0.1) is 0 Å². The van der Waals surface area contributed by atoms with E-state index in [2.05, 4.69) is 24.1 Å². The predicted octanol–water partition coefficient (Wildman–Crippen LogP) is 2.64. The van der Waals surface area contributed by atoms with E-state index in [1.54, 1.807) is 0 Å². The zero-order valence-corrected chi connectivity index (χ0v) is 11.0. The summed E-state index contributed by atoms with van der Waals surface area (Å²) in [5.41, 5.74) is 0. The second-order valence-electron chi connectivity index (χ2n) is 5.66. The molecule has 0 aromatic heterocycles. The number of nitrogens with one attached hydrogen (secondary N) is 1. The highest BCUT2D eigenvalue weighted by Gasteiger charge is 2.26. The Bertz CT molecular complexity index is 201. The molecule has 0 spiro atoms. The lowest BCUT2D eigenvalue weighted by Crippen LogP contribution is -2.47. The molecule has 0 radical (unpaired) electrons. The maximum atomic E-state index is 3.70. The van der Waals surface area contributed by atoms with Gasteiger partial charge in [0.2, 0.25) is 0 Å². The van der Waals surface area contributed by atoms with Gasteiger partial charge in [-0.05, 0) is 44.6 Å². The first-order valence-electron chi connectivity index (χ1n) is 7.30. The molecule has 1 aliphatic carbocycles. The fraction of sp³-hybridized carbons (Fsp3) is 1.00. The summed E-state index contributed by atoms with van der Waals surface area (Å²) in [5, 5.41) is 3.70. The first kappa shape index (κ1) is 12.4. The molecule has 1 heterocycles. The third-order valence-electron chi connectivity index (χ3n) is 4.33. The van der Waals surface area contributed by atoms with E-state index in [4.69, 9.17) is 0 Å². The third kappa shape index (κ3) is 3.46. The van der Waals surface area contributed by atoms with E-state index in [0.29, 0.717) is 0 Å². The van der Waals surface area contributed by atoms with Crippen LogP contribution in [0, 0.1) is 5.92 Å². The Hall–Kier alpha value is -0.0800. The van der Waals surface area contributed by atoms with Gasteiger partial charge in [-0.3, -0.25) is 4.90 Å². The summed E-state index contributed by atoms with van der Waals surface area (Å²) in [6, 6.07) is 1.65. The van der Waals surface area contributed by atoms with Gasteiger partial charge < -0.3 is 5.32 Å². The normalized spacial score (nSPS) is 29.2. The molecule has 94 valence electrons. The van der Waals surface area contributed by atoms with Crippen LogP contribution in [0.1, 0.15) is 52.4 Å². The maximum absolute atomic E-state index is 3.70. The standard InChI is InChI=1S/C14H28N2/c1-3-12-6-5-9-16(11-12)14(4-2)10-15-13-7-8-13/h12-15H,3-11H2,1-2H3. The second-order valence-corrected chi connectivity index (χ2v) is 5.66. The van der Waals surface area contributed by atoms with Gasteiger partial charge in [0.25, 0.3) is 0 Å². The minimum Gasteiger partial charge on any atom is -0.312 e. The molecule has 0 aromatic carbocycles. The monoisotopic (exact) mass is 224 g/mol. The minimum atomic E-state index is 0.787. The van der Waals surface area contributed by atoms with Crippen LogP contribution in [0.5, 0.6) is 0 Å². The van der Waals surface area contributed by atoms with Crippen LogP contribution in [-0.4, -0.2) is 36.6 Å². The van der Waals surface area contributed by atoms with E-state index in [9.17, 15) is 0 Å².